The summed E-state index contributed by atoms with van der Waals surface area (Å²) in [6, 6.07) is 0. The Kier molecular flexibility index (Phi) is 2.40. The standard InChI is InChI=1S/C4H6IN3O/c5-8-3-4(1-2-9)6-7-8/h3,9H,1-2H2. The van der Waals surface area contributed by atoms with E-state index in [1.807, 2.05) is 22.9 Å². The summed E-state index contributed by atoms with van der Waals surface area (Å²) in [5.74, 6) is 0. The maximum Gasteiger partial charge on any atom is 0.0863 e. The van der Waals surface area contributed by atoms with Crippen LogP contribution < -0.4 is 0 Å². The van der Waals surface area contributed by atoms with E-state index < -0.39 is 0 Å². The lowest BCUT2D eigenvalue weighted by molar-refractivity contribution is 0.298. The molecule has 0 fully saturated rings. The minimum atomic E-state index is 0.134. The van der Waals surface area contributed by atoms with Crippen molar-refractivity contribution in [1.82, 2.24) is 13.2 Å². The van der Waals surface area contributed by atoms with Crippen molar-refractivity contribution in [3.05, 3.63) is 11.9 Å². The van der Waals surface area contributed by atoms with Gasteiger partial charge in [-0.2, -0.15) is 2.90 Å². The van der Waals surface area contributed by atoms with E-state index in [2.05, 4.69) is 10.3 Å². The molecule has 1 rings (SSSR count). The predicted octanol–water partition coefficient (Wildman–Crippen LogP) is 0.0110. The summed E-state index contributed by atoms with van der Waals surface area (Å²) in [6.45, 7) is 0.134. The van der Waals surface area contributed by atoms with Gasteiger partial charge < -0.3 is 5.11 Å². The topological polar surface area (TPSA) is 50.9 Å². The van der Waals surface area contributed by atoms with E-state index in [-0.39, 0.29) is 6.61 Å². The van der Waals surface area contributed by atoms with Crippen LogP contribution >= 0.6 is 22.9 Å². The van der Waals surface area contributed by atoms with Crippen LogP contribution in [0.3, 0.4) is 0 Å². The number of hydrogen-bond acceptors (Lipinski definition) is 3. The van der Waals surface area contributed by atoms with Crippen molar-refractivity contribution in [2.75, 3.05) is 6.61 Å². The van der Waals surface area contributed by atoms with Gasteiger partial charge in [-0.25, -0.2) is 0 Å². The van der Waals surface area contributed by atoms with Gasteiger partial charge >= 0.3 is 0 Å². The number of halogens is 1. The molecule has 0 aliphatic rings. The normalized spacial score (nSPS) is 10.0. The molecule has 50 valence electrons. The highest BCUT2D eigenvalue weighted by Gasteiger charge is 1.95. The van der Waals surface area contributed by atoms with E-state index in [1.54, 1.807) is 9.09 Å². The Labute approximate surface area is 66.4 Å². The zero-order valence-corrected chi connectivity index (χ0v) is 6.82. The Morgan fingerprint density at radius 2 is 2.56 bits per heavy atom. The first-order valence-corrected chi connectivity index (χ1v) is 3.47. The maximum atomic E-state index is 8.45. The lowest BCUT2D eigenvalue weighted by Crippen LogP contribution is -1.89. The molecule has 0 aliphatic heterocycles. The summed E-state index contributed by atoms with van der Waals surface area (Å²) >= 11 is 2.00. The van der Waals surface area contributed by atoms with Crippen molar-refractivity contribution in [2.45, 2.75) is 6.42 Å². The summed E-state index contributed by atoms with van der Waals surface area (Å²) in [6.07, 6.45) is 2.36. The lowest BCUT2D eigenvalue weighted by Gasteiger charge is -1.83. The quantitative estimate of drug-likeness (QED) is 0.739. The first kappa shape index (κ1) is 6.94. The second-order valence-electron chi connectivity index (χ2n) is 1.57. The Balaban J connectivity index is 2.61. The van der Waals surface area contributed by atoms with E-state index in [1.165, 1.54) is 0 Å². The summed E-state index contributed by atoms with van der Waals surface area (Å²) in [4.78, 5) is 0. The molecule has 0 unspecified atom stereocenters. The number of aliphatic hydroxyl groups is 1. The lowest BCUT2D eigenvalue weighted by atomic mass is 10.4. The smallest absolute Gasteiger partial charge is 0.0863 e. The van der Waals surface area contributed by atoms with Crippen LogP contribution in [0.4, 0.5) is 0 Å². The first-order chi connectivity index (χ1) is 4.33. The minimum absolute atomic E-state index is 0.134. The van der Waals surface area contributed by atoms with Gasteiger partial charge in [0, 0.05) is 13.0 Å². The van der Waals surface area contributed by atoms with E-state index >= 15 is 0 Å². The highest BCUT2D eigenvalue weighted by Crippen LogP contribution is 1.95. The van der Waals surface area contributed by atoms with Gasteiger partial charge in [0.2, 0.25) is 0 Å². The fraction of sp³-hybridized carbons (Fsp3) is 0.500. The average molecular weight is 239 g/mol. The molecule has 1 N–H and O–H groups in total. The number of aliphatic hydroxyl groups excluding tert-OH is 1. The van der Waals surface area contributed by atoms with Crippen molar-refractivity contribution in [1.29, 1.82) is 0 Å². The third kappa shape index (κ3) is 1.90. The van der Waals surface area contributed by atoms with Gasteiger partial charge in [0.25, 0.3) is 0 Å². The average Bonchev–Trinajstić information content (AvgIpc) is 2.17. The molecule has 0 radical (unpaired) electrons. The summed E-state index contributed by atoms with van der Waals surface area (Å²) in [5, 5.41) is 15.9. The fourth-order valence-corrected chi connectivity index (χ4v) is 0.922. The number of rotatable bonds is 2. The van der Waals surface area contributed by atoms with E-state index in [9.17, 15) is 0 Å². The van der Waals surface area contributed by atoms with Crippen LogP contribution in [0.2, 0.25) is 0 Å². The van der Waals surface area contributed by atoms with Crippen LogP contribution in [0.15, 0.2) is 6.20 Å². The number of nitrogens with zero attached hydrogens (tertiary/aromatic N) is 3. The van der Waals surface area contributed by atoms with Crippen molar-refractivity contribution >= 4 is 22.9 Å². The van der Waals surface area contributed by atoms with Gasteiger partial charge in [0.05, 0.1) is 34.8 Å². The molecule has 0 saturated heterocycles. The van der Waals surface area contributed by atoms with E-state index in [4.69, 9.17) is 5.11 Å². The molecule has 0 atom stereocenters. The highest BCUT2D eigenvalue weighted by molar-refractivity contribution is 14.1. The molecule has 4 nitrogen and oxygen atoms in total. The zero-order valence-electron chi connectivity index (χ0n) is 4.66. The first-order valence-electron chi connectivity index (χ1n) is 2.51. The Morgan fingerprint density at radius 1 is 1.78 bits per heavy atom. The van der Waals surface area contributed by atoms with E-state index in [0.29, 0.717) is 6.42 Å². The molecule has 1 aromatic heterocycles. The molecule has 0 aromatic carbocycles. The van der Waals surface area contributed by atoms with Gasteiger partial charge in [-0.05, 0) is 0 Å². The van der Waals surface area contributed by atoms with Crippen LogP contribution in [0.5, 0.6) is 0 Å². The molecule has 5 heteroatoms. The largest absolute Gasteiger partial charge is 0.396 e. The van der Waals surface area contributed by atoms with Crippen molar-refractivity contribution in [3.63, 3.8) is 0 Å². The molecule has 0 amide bonds. The summed E-state index contributed by atoms with van der Waals surface area (Å²) in [7, 11) is 0. The Morgan fingerprint density at radius 3 is 3.00 bits per heavy atom. The van der Waals surface area contributed by atoms with Crippen LogP contribution in [0.25, 0.3) is 0 Å². The minimum Gasteiger partial charge on any atom is -0.396 e. The number of hydrogen-bond donors (Lipinski definition) is 1. The van der Waals surface area contributed by atoms with Gasteiger partial charge in [-0.1, -0.05) is 5.21 Å². The summed E-state index contributed by atoms with van der Waals surface area (Å²) in [5.41, 5.74) is 0.826. The molecule has 0 saturated carbocycles. The third-order valence-corrected chi connectivity index (χ3v) is 1.35. The van der Waals surface area contributed by atoms with Crippen molar-refractivity contribution < 1.29 is 5.11 Å². The fourth-order valence-electron chi connectivity index (χ4n) is 0.504. The highest BCUT2D eigenvalue weighted by atomic mass is 127. The van der Waals surface area contributed by atoms with Gasteiger partial charge in [0.15, 0.2) is 0 Å². The van der Waals surface area contributed by atoms with E-state index in [0.717, 1.165) is 5.69 Å². The van der Waals surface area contributed by atoms with Crippen molar-refractivity contribution in [2.24, 2.45) is 0 Å². The molecule has 0 spiro atoms. The second-order valence-corrected chi connectivity index (χ2v) is 2.56. The van der Waals surface area contributed by atoms with Gasteiger partial charge in [-0.3, -0.25) is 0 Å². The third-order valence-electron chi connectivity index (χ3n) is 0.882. The second kappa shape index (κ2) is 3.11. The molecule has 9 heavy (non-hydrogen) atoms. The zero-order chi connectivity index (χ0) is 6.69. The SMILES string of the molecule is OCCc1cn(I)nn1. The van der Waals surface area contributed by atoms with Gasteiger partial charge in [0.1, 0.15) is 0 Å². The molecule has 1 aromatic rings. The van der Waals surface area contributed by atoms with Crippen LogP contribution in [-0.2, 0) is 6.42 Å². The van der Waals surface area contributed by atoms with Crippen LogP contribution in [-0.4, -0.2) is 24.9 Å². The number of aromatic nitrogens is 3. The molecular formula is C4H6IN3O. The predicted molar refractivity (Wildman–Crippen MR) is 40.2 cm³/mol. The molecule has 0 aliphatic carbocycles. The molecular weight excluding hydrogens is 233 g/mol. The Bertz CT molecular complexity index is 188. The van der Waals surface area contributed by atoms with Crippen LogP contribution in [0.1, 0.15) is 5.69 Å². The summed E-state index contributed by atoms with van der Waals surface area (Å²) < 4.78 is 1.59. The van der Waals surface area contributed by atoms with Crippen molar-refractivity contribution in [3.8, 4) is 0 Å². The maximum absolute atomic E-state index is 8.45. The monoisotopic (exact) mass is 239 g/mol. The molecule has 0 bridgehead atoms. The van der Waals surface area contributed by atoms with Crippen LogP contribution in [0, 0.1) is 0 Å². The van der Waals surface area contributed by atoms with Gasteiger partial charge in [-0.15, -0.1) is 5.10 Å². The Hall–Kier alpha value is -0.170. The molecule has 1 heterocycles.